The molecule has 1 aliphatic rings. The van der Waals surface area contributed by atoms with Crippen molar-refractivity contribution in [3.05, 3.63) is 23.3 Å². The van der Waals surface area contributed by atoms with E-state index in [9.17, 15) is 26.3 Å². The van der Waals surface area contributed by atoms with Gasteiger partial charge in [-0.25, -0.2) is 0 Å². The number of benzene rings is 1. The summed E-state index contributed by atoms with van der Waals surface area (Å²) in [5, 5.41) is 4.96. The largest absolute Gasteiger partial charge is 0.419 e. The van der Waals surface area contributed by atoms with E-state index < -0.39 is 35.3 Å². The lowest BCUT2D eigenvalue weighted by Gasteiger charge is -2.18. The van der Waals surface area contributed by atoms with Crippen molar-refractivity contribution in [1.29, 1.82) is 0 Å². The van der Waals surface area contributed by atoms with E-state index in [1.54, 1.807) is 0 Å². The second kappa shape index (κ2) is 3.69. The molecule has 0 bridgehead atoms. The van der Waals surface area contributed by atoms with Gasteiger partial charge in [-0.1, -0.05) is 0 Å². The first-order valence-corrected chi connectivity index (χ1v) is 4.95. The van der Waals surface area contributed by atoms with E-state index in [2.05, 4.69) is 10.6 Å². The highest BCUT2D eigenvalue weighted by atomic mass is 19.4. The number of nitrogens with one attached hydrogen (secondary N) is 2. The summed E-state index contributed by atoms with van der Waals surface area (Å²) >= 11 is 0. The van der Waals surface area contributed by atoms with E-state index in [0.717, 1.165) is 6.07 Å². The minimum absolute atomic E-state index is 0.0165. The smallest absolute Gasteiger partial charge is 0.364 e. The summed E-state index contributed by atoms with van der Waals surface area (Å²) in [4.78, 5) is 0. The SMILES string of the molecule is CC1Nc2ccc(C(F)(F)F)c(C(F)(F)F)c2N1. The van der Waals surface area contributed by atoms with Crippen LogP contribution in [-0.2, 0) is 12.4 Å². The normalized spacial score (nSPS) is 19.2. The molecule has 18 heavy (non-hydrogen) atoms. The summed E-state index contributed by atoms with van der Waals surface area (Å²) in [6.45, 7) is 1.51. The Morgan fingerprint density at radius 2 is 1.56 bits per heavy atom. The average molecular weight is 270 g/mol. The number of rotatable bonds is 0. The fraction of sp³-hybridized carbons (Fsp3) is 0.400. The van der Waals surface area contributed by atoms with Crippen molar-refractivity contribution in [2.45, 2.75) is 25.4 Å². The maximum atomic E-state index is 12.8. The third-order valence-corrected chi connectivity index (χ3v) is 2.53. The molecule has 1 unspecified atom stereocenters. The van der Waals surface area contributed by atoms with Gasteiger partial charge < -0.3 is 10.6 Å². The van der Waals surface area contributed by atoms with Crippen molar-refractivity contribution in [2.24, 2.45) is 0 Å². The quantitative estimate of drug-likeness (QED) is 0.698. The van der Waals surface area contributed by atoms with E-state index in [-0.39, 0.29) is 5.69 Å². The molecule has 1 aliphatic heterocycles. The standard InChI is InChI=1S/C10H8F6N2/c1-4-17-6-3-2-5(9(11,12)13)7(8(6)18-4)10(14,15)16/h2-4,17-18H,1H3. The van der Waals surface area contributed by atoms with Crippen LogP contribution in [0.3, 0.4) is 0 Å². The fourth-order valence-corrected chi connectivity index (χ4v) is 1.89. The molecule has 1 aromatic rings. The number of hydrogen-bond donors (Lipinski definition) is 2. The molecule has 0 saturated carbocycles. The summed E-state index contributed by atoms with van der Waals surface area (Å²) in [6, 6.07) is 1.43. The van der Waals surface area contributed by atoms with Gasteiger partial charge in [0.1, 0.15) is 0 Å². The molecule has 8 heteroatoms. The first-order chi connectivity index (χ1) is 8.10. The number of hydrogen-bond acceptors (Lipinski definition) is 2. The first kappa shape index (κ1) is 12.8. The number of alkyl halides is 6. The van der Waals surface area contributed by atoms with Gasteiger partial charge in [-0.15, -0.1) is 0 Å². The van der Waals surface area contributed by atoms with E-state index in [4.69, 9.17) is 0 Å². The molecule has 2 nitrogen and oxygen atoms in total. The Hall–Kier alpha value is -1.60. The highest BCUT2D eigenvalue weighted by Crippen LogP contribution is 2.48. The zero-order chi connectivity index (χ0) is 13.7. The van der Waals surface area contributed by atoms with E-state index in [0.29, 0.717) is 6.07 Å². The Labute approximate surface area is 98.0 Å². The van der Waals surface area contributed by atoms with Crippen LogP contribution in [0, 0.1) is 0 Å². The third-order valence-electron chi connectivity index (χ3n) is 2.53. The Kier molecular flexibility index (Phi) is 2.64. The van der Waals surface area contributed by atoms with Gasteiger partial charge >= 0.3 is 12.4 Å². The first-order valence-electron chi connectivity index (χ1n) is 4.95. The van der Waals surface area contributed by atoms with Crippen LogP contribution in [0.5, 0.6) is 0 Å². The van der Waals surface area contributed by atoms with Crippen LogP contribution in [-0.4, -0.2) is 6.17 Å². The molecule has 0 saturated heterocycles. The van der Waals surface area contributed by atoms with Gasteiger partial charge in [0, 0.05) is 0 Å². The second-order valence-electron chi connectivity index (χ2n) is 3.92. The maximum Gasteiger partial charge on any atom is 0.419 e. The van der Waals surface area contributed by atoms with Gasteiger partial charge in [0.2, 0.25) is 0 Å². The van der Waals surface area contributed by atoms with Crippen molar-refractivity contribution in [3.8, 4) is 0 Å². The molecular weight excluding hydrogens is 262 g/mol. The summed E-state index contributed by atoms with van der Waals surface area (Å²) in [5.74, 6) is 0. The van der Waals surface area contributed by atoms with Crippen LogP contribution in [0.2, 0.25) is 0 Å². The van der Waals surface area contributed by atoms with Crippen LogP contribution in [0.1, 0.15) is 18.1 Å². The minimum Gasteiger partial charge on any atom is -0.364 e. The summed E-state index contributed by atoms with van der Waals surface area (Å²) in [6.07, 6.45) is -10.7. The number of halogens is 6. The topological polar surface area (TPSA) is 24.1 Å². The van der Waals surface area contributed by atoms with Crippen molar-refractivity contribution in [2.75, 3.05) is 10.6 Å². The Bertz CT molecular complexity index is 476. The summed E-state index contributed by atoms with van der Waals surface area (Å²) in [5.41, 5.74) is -3.89. The van der Waals surface area contributed by atoms with Gasteiger partial charge in [0.05, 0.1) is 28.7 Å². The van der Waals surface area contributed by atoms with E-state index in [1.807, 2.05) is 0 Å². The van der Waals surface area contributed by atoms with Gasteiger partial charge in [0.15, 0.2) is 0 Å². The lowest BCUT2D eigenvalue weighted by atomic mass is 10.0. The second-order valence-corrected chi connectivity index (χ2v) is 3.92. The predicted octanol–water partition coefficient (Wildman–Crippen LogP) is 3.91. The van der Waals surface area contributed by atoms with Crippen LogP contribution in [0.15, 0.2) is 12.1 Å². The highest BCUT2D eigenvalue weighted by Gasteiger charge is 2.46. The Balaban J connectivity index is 2.69. The molecule has 2 rings (SSSR count). The van der Waals surface area contributed by atoms with Crippen molar-refractivity contribution < 1.29 is 26.3 Å². The molecule has 2 N–H and O–H groups in total. The van der Waals surface area contributed by atoms with Crippen LogP contribution in [0.25, 0.3) is 0 Å². The molecule has 0 spiro atoms. The van der Waals surface area contributed by atoms with Crippen molar-refractivity contribution in [1.82, 2.24) is 0 Å². The molecule has 0 aliphatic carbocycles. The molecule has 1 heterocycles. The monoisotopic (exact) mass is 270 g/mol. The highest BCUT2D eigenvalue weighted by molar-refractivity contribution is 5.79. The molecule has 1 atom stereocenters. The van der Waals surface area contributed by atoms with Gasteiger partial charge in [-0.3, -0.25) is 0 Å². The molecule has 0 aromatic heterocycles. The average Bonchev–Trinajstić information content (AvgIpc) is 2.52. The lowest BCUT2D eigenvalue weighted by molar-refractivity contribution is -0.161. The lowest BCUT2D eigenvalue weighted by Crippen LogP contribution is -2.20. The maximum absolute atomic E-state index is 12.8. The van der Waals surface area contributed by atoms with Crippen LogP contribution >= 0.6 is 0 Å². The fourth-order valence-electron chi connectivity index (χ4n) is 1.89. The van der Waals surface area contributed by atoms with Gasteiger partial charge in [-0.2, -0.15) is 26.3 Å². The summed E-state index contributed by atoms with van der Waals surface area (Å²) < 4.78 is 76.2. The molecule has 0 fully saturated rings. The van der Waals surface area contributed by atoms with Crippen molar-refractivity contribution in [3.63, 3.8) is 0 Å². The van der Waals surface area contributed by atoms with Crippen LogP contribution < -0.4 is 10.6 Å². The Morgan fingerprint density at radius 1 is 0.944 bits per heavy atom. The third kappa shape index (κ3) is 2.06. The number of anilines is 2. The molecule has 0 radical (unpaired) electrons. The van der Waals surface area contributed by atoms with Gasteiger partial charge in [0.25, 0.3) is 0 Å². The van der Waals surface area contributed by atoms with E-state index in [1.165, 1.54) is 6.92 Å². The van der Waals surface area contributed by atoms with E-state index >= 15 is 0 Å². The number of fused-ring (bicyclic) bond motifs is 1. The zero-order valence-corrected chi connectivity index (χ0v) is 9.00. The molecule has 100 valence electrons. The van der Waals surface area contributed by atoms with Gasteiger partial charge in [-0.05, 0) is 19.1 Å². The predicted molar refractivity (Wildman–Crippen MR) is 53.2 cm³/mol. The Morgan fingerprint density at radius 3 is 2.06 bits per heavy atom. The molecule has 0 amide bonds. The summed E-state index contributed by atoms with van der Waals surface area (Å²) in [7, 11) is 0. The minimum atomic E-state index is -5.07. The molecule has 1 aromatic carbocycles. The molecular formula is C10H8F6N2. The van der Waals surface area contributed by atoms with Crippen LogP contribution in [0.4, 0.5) is 37.7 Å². The zero-order valence-electron chi connectivity index (χ0n) is 9.00. The van der Waals surface area contributed by atoms with Crippen molar-refractivity contribution >= 4 is 11.4 Å².